The summed E-state index contributed by atoms with van der Waals surface area (Å²) in [6.07, 6.45) is 10.7. The van der Waals surface area contributed by atoms with E-state index in [9.17, 15) is 0 Å². The van der Waals surface area contributed by atoms with Crippen molar-refractivity contribution in [3.63, 3.8) is 0 Å². The van der Waals surface area contributed by atoms with Gasteiger partial charge in [-0.05, 0) is 56.2 Å². The van der Waals surface area contributed by atoms with Gasteiger partial charge in [-0.1, -0.05) is 6.08 Å². The van der Waals surface area contributed by atoms with Crippen LogP contribution in [0.1, 0.15) is 43.8 Å². The van der Waals surface area contributed by atoms with Gasteiger partial charge in [-0.25, -0.2) is 0 Å². The molecule has 1 saturated carbocycles. The molecule has 5 nitrogen and oxygen atoms in total. The molecule has 2 aliphatic heterocycles. The second kappa shape index (κ2) is 7.38. The maximum Gasteiger partial charge on any atom is 0.0689 e. The lowest BCUT2D eigenvalue weighted by molar-refractivity contribution is 0.0779. The Balaban J connectivity index is 1.43. The van der Waals surface area contributed by atoms with Crippen LogP contribution in [0.2, 0.25) is 0 Å². The van der Waals surface area contributed by atoms with Crippen molar-refractivity contribution in [2.24, 2.45) is 13.0 Å². The van der Waals surface area contributed by atoms with Crippen LogP contribution in [-0.4, -0.2) is 53.6 Å². The molecule has 5 heteroatoms. The van der Waals surface area contributed by atoms with Gasteiger partial charge in [-0.2, -0.15) is 5.10 Å². The van der Waals surface area contributed by atoms with Gasteiger partial charge in [0.1, 0.15) is 0 Å². The highest BCUT2D eigenvalue weighted by Crippen LogP contribution is 2.42. The van der Waals surface area contributed by atoms with Crippen LogP contribution >= 0.6 is 0 Å². The first-order chi connectivity index (χ1) is 11.8. The van der Waals surface area contributed by atoms with E-state index in [1.165, 1.54) is 43.5 Å². The number of likely N-dealkylation sites (tertiary alicyclic amines) is 1. The van der Waals surface area contributed by atoms with E-state index in [0.29, 0.717) is 12.0 Å². The first-order valence-corrected chi connectivity index (χ1v) is 9.53. The smallest absolute Gasteiger partial charge is 0.0689 e. The number of aromatic nitrogens is 2. The molecule has 3 aliphatic rings. The lowest BCUT2D eigenvalue weighted by Crippen LogP contribution is -2.44. The quantitative estimate of drug-likeness (QED) is 0.813. The van der Waals surface area contributed by atoms with Crippen LogP contribution in [0.3, 0.4) is 0 Å². The lowest BCUT2D eigenvalue weighted by Gasteiger charge is -2.42. The van der Waals surface area contributed by atoms with Gasteiger partial charge in [0.25, 0.3) is 0 Å². The summed E-state index contributed by atoms with van der Waals surface area (Å²) in [4.78, 5) is 2.76. The number of nitrogens with one attached hydrogen (secondary N) is 1. The van der Waals surface area contributed by atoms with Crippen LogP contribution in [0.25, 0.3) is 0 Å². The summed E-state index contributed by atoms with van der Waals surface area (Å²) in [5.74, 6) is 0.667. The Kier molecular flexibility index (Phi) is 5.01. The molecular formula is C19H30N4O. The van der Waals surface area contributed by atoms with Gasteiger partial charge in [0, 0.05) is 32.4 Å². The van der Waals surface area contributed by atoms with Crippen LogP contribution in [0.15, 0.2) is 23.9 Å². The van der Waals surface area contributed by atoms with Crippen molar-refractivity contribution in [2.45, 2.75) is 44.2 Å². The SMILES string of the molecule is Cn1nccc1[C@H]1[C@H](CNCC2=CCCOC2)CCCN1C1CC1. The zero-order valence-corrected chi connectivity index (χ0v) is 14.8. The lowest BCUT2D eigenvalue weighted by atomic mass is 9.86. The van der Waals surface area contributed by atoms with Gasteiger partial charge in [-0.15, -0.1) is 0 Å². The number of aryl methyl sites for hydroxylation is 1. The minimum Gasteiger partial charge on any atom is -0.377 e. The van der Waals surface area contributed by atoms with Crippen molar-refractivity contribution in [1.29, 1.82) is 0 Å². The molecule has 132 valence electrons. The van der Waals surface area contributed by atoms with Gasteiger partial charge < -0.3 is 10.1 Å². The Morgan fingerprint density at radius 3 is 2.96 bits per heavy atom. The van der Waals surface area contributed by atoms with Crippen molar-refractivity contribution < 1.29 is 4.74 Å². The largest absolute Gasteiger partial charge is 0.377 e. The Hall–Kier alpha value is -1.17. The summed E-state index contributed by atoms with van der Waals surface area (Å²) in [5, 5.41) is 8.15. The third-order valence-electron chi connectivity index (χ3n) is 5.71. The molecule has 1 aromatic heterocycles. The number of hydrogen-bond acceptors (Lipinski definition) is 4. The molecule has 0 amide bonds. The minimum absolute atomic E-state index is 0.517. The number of hydrogen-bond donors (Lipinski definition) is 1. The third-order valence-corrected chi connectivity index (χ3v) is 5.71. The highest BCUT2D eigenvalue weighted by atomic mass is 16.5. The number of ether oxygens (including phenoxy) is 1. The molecule has 1 N–H and O–H groups in total. The number of nitrogens with zero attached hydrogens (tertiary/aromatic N) is 3. The minimum atomic E-state index is 0.517. The Labute approximate surface area is 145 Å². The van der Waals surface area contributed by atoms with Crippen LogP contribution in [0.4, 0.5) is 0 Å². The Bertz CT molecular complexity index is 578. The summed E-state index contributed by atoms with van der Waals surface area (Å²) in [6.45, 7) is 4.98. The molecule has 1 aromatic rings. The fourth-order valence-electron chi connectivity index (χ4n) is 4.37. The third kappa shape index (κ3) is 3.58. The predicted molar refractivity (Wildman–Crippen MR) is 94.8 cm³/mol. The first kappa shape index (κ1) is 16.3. The topological polar surface area (TPSA) is 42.3 Å². The van der Waals surface area contributed by atoms with E-state index in [0.717, 1.165) is 38.8 Å². The van der Waals surface area contributed by atoms with E-state index >= 15 is 0 Å². The van der Waals surface area contributed by atoms with Crippen molar-refractivity contribution in [2.75, 3.05) is 32.8 Å². The molecule has 0 radical (unpaired) electrons. The van der Waals surface area contributed by atoms with E-state index < -0.39 is 0 Å². The van der Waals surface area contributed by atoms with E-state index in [-0.39, 0.29) is 0 Å². The van der Waals surface area contributed by atoms with E-state index in [2.05, 4.69) is 39.2 Å². The number of piperidine rings is 1. The molecule has 2 fully saturated rings. The molecule has 0 aromatic carbocycles. The van der Waals surface area contributed by atoms with Crippen molar-refractivity contribution in [3.8, 4) is 0 Å². The number of rotatable bonds is 6. The zero-order chi connectivity index (χ0) is 16.4. The predicted octanol–water partition coefficient (Wildman–Crippen LogP) is 2.27. The molecule has 0 spiro atoms. The standard InChI is InChI=1S/C19H30N4O/c1-22-18(8-9-21-22)19-16(5-2-10-23(19)17-6-7-17)13-20-12-15-4-3-11-24-14-15/h4,8-9,16-17,19-20H,2-3,5-7,10-14H2,1H3/t16-,19+/m0/s1. The second-order valence-corrected chi connectivity index (χ2v) is 7.53. The van der Waals surface area contributed by atoms with Gasteiger partial charge >= 0.3 is 0 Å². The molecular weight excluding hydrogens is 300 g/mol. The first-order valence-electron chi connectivity index (χ1n) is 9.53. The van der Waals surface area contributed by atoms with Crippen LogP contribution in [-0.2, 0) is 11.8 Å². The molecule has 1 aliphatic carbocycles. The highest BCUT2D eigenvalue weighted by molar-refractivity contribution is 5.13. The maximum absolute atomic E-state index is 5.55. The van der Waals surface area contributed by atoms with Crippen LogP contribution < -0.4 is 5.32 Å². The van der Waals surface area contributed by atoms with E-state index in [1.807, 2.05) is 6.20 Å². The van der Waals surface area contributed by atoms with E-state index in [1.54, 1.807) is 0 Å². The molecule has 4 rings (SSSR count). The van der Waals surface area contributed by atoms with E-state index in [4.69, 9.17) is 4.74 Å². The summed E-state index contributed by atoms with van der Waals surface area (Å²) in [6, 6.07) is 3.54. The fraction of sp³-hybridized carbons (Fsp3) is 0.737. The fourth-order valence-corrected chi connectivity index (χ4v) is 4.37. The molecule has 24 heavy (non-hydrogen) atoms. The van der Waals surface area contributed by atoms with Gasteiger partial charge in [-0.3, -0.25) is 9.58 Å². The average Bonchev–Trinajstić information content (AvgIpc) is 3.37. The summed E-state index contributed by atoms with van der Waals surface area (Å²) >= 11 is 0. The average molecular weight is 330 g/mol. The molecule has 1 saturated heterocycles. The second-order valence-electron chi connectivity index (χ2n) is 7.53. The molecule has 2 atom stereocenters. The summed E-state index contributed by atoms with van der Waals surface area (Å²) < 4.78 is 7.63. The van der Waals surface area contributed by atoms with Gasteiger partial charge in [0.15, 0.2) is 0 Å². The van der Waals surface area contributed by atoms with Gasteiger partial charge in [0.05, 0.1) is 24.9 Å². The zero-order valence-electron chi connectivity index (χ0n) is 14.8. The summed E-state index contributed by atoms with van der Waals surface area (Å²) in [5.41, 5.74) is 2.79. The normalized spacial score (nSPS) is 28.8. The Morgan fingerprint density at radius 2 is 2.25 bits per heavy atom. The van der Waals surface area contributed by atoms with Crippen LogP contribution in [0.5, 0.6) is 0 Å². The van der Waals surface area contributed by atoms with Gasteiger partial charge in [0.2, 0.25) is 0 Å². The molecule has 0 bridgehead atoms. The summed E-state index contributed by atoms with van der Waals surface area (Å²) in [7, 11) is 2.09. The highest BCUT2D eigenvalue weighted by Gasteiger charge is 2.41. The Morgan fingerprint density at radius 1 is 1.33 bits per heavy atom. The molecule has 0 unspecified atom stereocenters. The van der Waals surface area contributed by atoms with Crippen LogP contribution in [0, 0.1) is 5.92 Å². The molecule has 3 heterocycles. The monoisotopic (exact) mass is 330 g/mol. The van der Waals surface area contributed by atoms with Crippen molar-refractivity contribution in [3.05, 3.63) is 29.6 Å². The van der Waals surface area contributed by atoms with Crippen molar-refractivity contribution in [1.82, 2.24) is 20.0 Å². The maximum atomic E-state index is 5.55. The van der Waals surface area contributed by atoms with Crippen molar-refractivity contribution >= 4 is 0 Å².